The average molecular weight is 172 g/mol. The quantitative estimate of drug-likeness (QED) is 0.607. The maximum atomic E-state index is 10.8. The van der Waals surface area contributed by atoms with E-state index in [-0.39, 0.29) is 5.54 Å². The predicted molar refractivity (Wildman–Crippen MR) is 47.1 cm³/mol. The molecule has 0 saturated carbocycles. The third-order valence-electron chi connectivity index (χ3n) is 0.861. The lowest BCUT2D eigenvalue weighted by Gasteiger charge is -2.08. The summed E-state index contributed by atoms with van der Waals surface area (Å²) in [5.74, 6) is 0. The van der Waals surface area contributed by atoms with E-state index in [1.54, 1.807) is 0 Å². The molecule has 70 valence electrons. The van der Waals surface area contributed by atoms with Crippen LogP contribution in [0.15, 0.2) is 10.2 Å². The van der Waals surface area contributed by atoms with Crippen molar-refractivity contribution in [3.63, 3.8) is 0 Å². The minimum absolute atomic E-state index is 0.306. The average Bonchev–Trinajstić information content (AvgIpc) is 1.95. The van der Waals surface area contributed by atoms with Crippen LogP contribution >= 0.6 is 0 Å². The molecule has 0 aromatic rings. The van der Waals surface area contributed by atoms with Crippen molar-refractivity contribution in [3.05, 3.63) is 0 Å². The Labute approximate surface area is 72.4 Å². The van der Waals surface area contributed by atoms with E-state index in [4.69, 9.17) is 5.73 Å². The second-order valence-corrected chi connectivity index (χ2v) is 3.39. The van der Waals surface area contributed by atoms with E-state index in [1.807, 2.05) is 20.8 Å². The summed E-state index contributed by atoms with van der Waals surface area (Å²) in [6.45, 7) is 6.45. The highest BCUT2D eigenvalue weighted by atomic mass is 16.2. The number of rotatable bonds is 2. The summed E-state index contributed by atoms with van der Waals surface area (Å²) >= 11 is 0. The standard InChI is InChI=1S/C7H16N4O/c1-7(2,3)11-10-6(12)9-5-4-8/h4-5,8H2,1-3H3,(H,9,12). The fourth-order valence-corrected chi connectivity index (χ4v) is 0.410. The lowest BCUT2D eigenvalue weighted by Crippen LogP contribution is -2.26. The first-order valence-corrected chi connectivity index (χ1v) is 3.86. The lowest BCUT2D eigenvalue weighted by atomic mass is 10.1. The zero-order valence-electron chi connectivity index (χ0n) is 7.79. The van der Waals surface area contributed by atoms with Crippen LogP contribution in [0.5, 0.6) is 0 Å². The van der Waals surface area contributed by atoms with Crippen molar-refractivity contribution >= 4 is 6.03 Å². The summed E-state index contributed by atoms with van der Waals surface area (Å²) < 4.78 is 0. The number of nitrogens with zero attached hydrogens (tertiary/aromatic N) is 2. The van der Waals surface area contributed by atoms with Crippen LogP contribution in [0.2, 0.25) is 0 Å². The number of hydrogen-bond donors (Lipinski definition) is 2. The summed E-state index contributed by atoms with van der Waals surface area (Å²) in [7, 11) is 0. The Morgan fingerprint density at radius 1 is 1.50 bits per heavy atom. The molecule has 0 aromatic carbocycles. The van der Waals surface area contributed by atoms with Crippen LogP contribution < -0.4 is 11.1 Å². The van der Waals surface area contributed by atoms with Gasteiger partial charge in [-0.05, 0) is 20.8 Å². The van der Waals surface area contributed by atoms with Crippen molar-refractivity contribution in [3.8, 4) is 0 Å². The van der Waals surface area contributed by atoms with Crippen molar-refractivity contribution in [2.75, 3.05) is 13.1 Å². The van der Waals surface area contributed by atoms with Crippen LogP contribution in [0.1, 0.15) is 20.8 Å². The zero-order valence-corrected chi connectivity index (χ0v) is 7.79. The summed E-state index contributed by atoms with van der Waals surface area (Å²) in [6, 6.07) is -0.435. The molecule has 0 saturated heterocycles. The number of carbonyl (C=O) groups excluding carboxylic acids is 1. The molecule has 0 unspecified atom stereocenters. The maximum Gasteiger partial charge on any atom is 0.359 e. The largest absolute Gasteiger partial charge is 0.359 e. The molecular weight excluding hydrogens is 156 g/mol. The Morgan fingerprint density at radius 3 is 2.50 bits per heavy atom. The number of amides is 2. The van der Waals surface area contributed by atoms with Crippen LogP contribution in [-0.2, 0) is 0 Å². The number of hydrogen-bond acceptors (Lipinski definition) is 3. The molecule has 0 spiro atoms. The van der Waals surface area contributed by atoms with Crippen LogP contribution in [0.4, 0.5) is 4.79 Å². The van der Waals surface area contributed by atoms with E-state index in [9.17, 15) is 4.79 Å². The van der Waals surface area contributed by atoms with Gasteiger partial charge in [0.1, 0.15) is 0 Å². The number of nitrogens with one attached hydrogen (secondary N) is 1. The highest BCUT2D eigenvalue weighted by molar-refractivity contribution is 5.74. The predicted octanol–water partition coefficient (Wildman–Crippen LogP) is 0.905. The third kappa shape index (κ3) is 7.14. The van der Waals surface area contributed by atoms with Crippen molar-refractivity contribution in [1.82, 2.24) is 5.32 Å². The molecule has 2 amide bonds. The van der Waals surface area contributed by atoms with Crippen LogP contribution in [-0.4, -0.2) is 24.7 Å². The van der Waals surface area contributed by atoms with Gasteiger partial charge in [0.2, 0.25) is 0 Å². The van der Waals surface area contributed by atoms with Crippen LogP contribution in [0.3, 0.4) is 0 Å². The van der Waals surface area contributed by atoms with Crippen molar-refractivity contribution in [2.45, 2.75) is 26.3 Å². The zero-order chi connectivity index (χ0) is 9.61. The van der Waals surface area contributed by atoms with E-state index in [0.717, 1.165) is 0 Å². The van der Waals surface area contributed by atoms with Gasteiger partial charge in [-0.2, -0.15) is 5.11 Å². The van der Waals surface area contributed by atoms with Gasteiger partial charge < -0.3 is 11.1 Å². The molecule has 0 aliphatic carbocycles. The molecule has 12 heavy (non-hydrogen) atoms. The molecule has 0 rings (SSSR count). The second kappa shape index (κ2) is 4.82. The molecular formula is C7H16N4O. The third-order valence-corrected chi connectivity index (χ3v) is 0.861. The number of azo groups is 1. The summed E-state index contributed by atoms with van der Waals surface area (Å²) in [6.07, 6.45) is 0. The maximum absolute atomic E-state index is 10.8. The monoisotopic (exact) mass is 172 g/mol. The Kier molecular flexibility index (Phi) is 4.43. The molecule has 0 aromatic heterocycles. The molecule has 3 N–H and O–H groups in total. The summed E-state index contributed by atoms with van der Waals surface area (Å²) in [5.41, 5.74) is 4.87. The van der Waals surface area contributed by atoms with E-state index in [2.05, 4.69) is 15.5 Å². The lowest BCUT2D eigenvalue weighted by molar-refractivity contribution is 0.247. The van der Waals surface area contributed by atoms with Crippen LogP contribution in [0.25, 0.3) is 0 Å². The first kappa shape index (κ1) is 11.0. The smallest absolute Gasteiger partial charge is 0.334 e. The second-order valence-electron chi connectivity index (χ2n) is 3.39. The Morgan fingerprint density at radius 2 is 2.08 bits per heavy atom. The van der Waals surface area contributed by atoms with Gasteiger partial charge in [-0.3, -0.25) is 0 Å². The molecule has 0 aliphatic heterocycles. The number of nitrogens with two attached hydrogens (primary N) is 1. The SMILES string of the molecule is CC(C)(C)N=NC(=O)NCCN. The van der Waals surface area contributed by atoms with Gasteiger partial charge in [-0.1, -0.05) is 5.11 Å². The Bertz CT molecular complexity index is 171. The van der Waals surface area contributed by atoms with E-state index in [1.165, 1.54) is 0 Å². The molecule has 0 atom stereocenters. The minimum atomic E-state index is -0.435. The molecule has 5 nitrogen and oxygen atoms in total. The van der Waals surface area contributed by atoms with Gasteiger partial charge in [0, 0.05) is 13.1 Å². The van der Waals surface area contributed by atoms with Crippen LogP contribution in [0, 0.1) is 0 Å². The molecule has 5 heteroatoms. The molecule has 0 fully saturated rings. The Balaban J connectivity index is 3.76. The molecule has 0 aliphatic rings. The van der Waals surface area contributed by atoms with Gasteiger partial charge in [-0.15, -0.1) is 0 Å². The first-order chi connectivity index (χ1) is 5.45. The minimum Gasteiger partial charge on any atom is -0.334 e. The highest BCUT2D eigenvalue weighted by Crippen LogP contribution is 2.06. The first-order valence-electron chi connectivity index (χ1n) is 3.86. The summed E-state index contributed by atoms with van der Waals surface area (Å²) in [4.78, 5) is 10.8. The van der Waals surface area contributed by atoms with Crippen molar-refractivity contribution in [1.29, 1.82) is 0 Å². The highest BCUT2D eigenvalue weighted by Gasteiger charge is 2.07. The number of carbonyl (C=O) groups is 1. The normalized spacial score (nSPS) is 12.0. The summed E-state index contributed by atoms with van der Waals surface area (Å²) in [5, 5.41) is 9.71. The van der Waals surface area contributed by atoms with Gasteiger partial charge in [0.25, 0.3) is 0 Å². The van der Waals surface area contributed by atoms with Gasteiger partial charge in [-0.25, -0.2) is 4.79 Å². The molecule has 0 heterocycles. The fourth-order valence-electron chi connectivity index (χ4n) is 0.410. The van der Waals surface area contributed by atoms with Crippen molar-refractivity contribution in [2.24, 2.45) is 16.0 Å². The van der Waals surface area contributed by atoms with Gasteiger partial charge >= 0.3 is 6.03 Å². The molecule has 0 bridgehead atoms. The van der Waals surface area contributed by atoms with Gasteiger partial charge in [0.05, 0.1) is 5.54 Å². The fraction of sp³-hybridized carbons (Fsp3) is 0.857. The van der Waals surface area contributed by atoms with E-state index in [0.29, 0.717) is 13.1 Å². The topological polar surface area (TPSA) is 79.8 Å². The van der Waals surface area contributed by atoms with E-state index < -0.39 is 6.03 Å². The Hall–Kier alpha value is -0.970. The van der Waals surface area contributed by atoms with Gasteiger partial charge in [0.15, 0.2) is 0 Å². The van der Waals surface area contributed by atoms with E-state index >= 15 is 0 Å². The van der Waals surface area contributed by atoms with Crippen molar-refractivity contribution < 1.29 is 4.79 Å². The molecule has 0 radical (unpaired) electrons. The number of urea groups is 1.